The fraction of sp³-hybridized carbons (Fsp3) is 0.167. The number of aliphatic carboxylic acids is 1. The van der Waals surface area contributed by atoms with Gasteiger partial charge in [-0.05, 0) is 39.8 Å². The largest absolute Gasteiger partial charge is 0.480 e. The molecule has 3 aromatic carbocycles. The molecule has 2 atom stereocenters. The third-order valence-electron chi connectivity index (χ3n) is 5.72. The molecule has 0 bridgehead atoms. The van der Waals surface area contributed by atoms with Crippen molar-refractivity contribution >= 4 is 17.7 Å². The molecule has 8 nitrogen and oxygen atoms in total. The molecule has 0 spiro atoms. The van der Waals surface area contributed by atoms with Crippen LogP contribution in [-0.2, 0) is 16.0 Å². The number of hydrogen-bond acceptors (Lipinski definition) is 5. The van der Waals surface area contributed by atoms with E-state index in [0.29, 0.717) is 17.5 Å². The Morgan fingerprint density at radius 1 is 1.06 bits per heavy atom. The Morgan fingerprint density at radius 2 is 1.78 bits per heavy atom. The number of carbonyl (C=O) groups excluding carboxylic acids is 1. The molecular weight excluding hydrogens is 412 g/mol. The van der Waals surface area contributed by atoms with Gasteiger partial charge in [-0.3, -0.25) is 10.1 Å². The molecule has 0 saturated heterocycles. The summed E-state index contributed by atoms with van der Waals surface area (Å²) in [6, 6.07) is 18.0. The van der Waals surface area contributed by atoms with Crippen molar-refractivity contribution in [2.75, 3.05) is 7.11 Å². The highest BCUT2D eigenvalue weighted by molar-refractivity contribution is 5.83. The van der Waals surface area contributed by atoms with Gasteiger partial charge in [-0.2, -0.15) is 0 Å². The lowest BCUT2D eigenvalue weighted by atomic mass is 9.81. The van der Waals surface area contributed by atoms with Gasteiger partial charge in [0.05, 0.1) is 12.0 Å². The number of nitro benzene ring substituents is 1. The van der Waals surface area contributed by atoms with Crippen LogP contribution in [0.2, 0.25) is 0 Å². The Bertz CT molecular complexity index is 1220. The van der Waals surface area contributed by atoms with Gasteiger partial charge in [-0.25, -0.2) is 9.59 Å². The van der Waals surface area contributed by atoms with Crippen molar-refractivity contribution in [2.45, 2.75) is 18.4 Å². The maximum atomic E-state index is 12.3. The smallest absolute Gasteiger partial charge is 0.407 e. The Balaban J connectivity index is 1.91. The summed E-state index contributed by atoms with van der Waals surface area (Å²) < 4.78 is 4.64. The summed E-state index contributed by atoms with van der Waals surface area (Å²) in [4.78, 5) is 35.1. The molecule has 2 N–H and O–H groups in total. The van der Waals surface area contributed by atoms with E-state index in [-0.39, 0.29) is 5.69 Å². The number of nitrogens with zero attached hydrogens (tertiary/aromatic N) is 1. The number of carboxylic acids is 1. The van der Waals surface area contributed by atoms with Crippen LogP contribution < -0.4 is 5.32 Å². The highest BCUT2D eigenvalue weighted by Crippen LogP contribution is 2.42. The number of methoxy groups -OCH3 is 1. The van der Waals surface area contributed by atoms with E-state index in [1.165, 1.54) is 18.2 Å². The van der Waals surface area contributed by atoms with Crippen LogP contribution in [0, 0.1) is 10.1 Å². The number of nitrogens with one attached hydrogen (secondary N) is 1. The van der Waals surface area contributed by atoms with Crippen molar-refractivity contribution in [3.05, 3.63) is 99.1 Å². The van der Waals surface area contributed by atoms with Crippen molar-refractivity contribution in [1.29, 1.82) is 0 Å². The van der Waals surface area contributed by atoms with Crippen molar-refractivity contribution in [1.82, 2.24) is 5.32 Å². The fourth-order valence-corrected chi connectivity index (χ4v) is 4.33. The van der Waals surface area contributed by atoms with Crippen LogP contribution in [-0.4, -0.2) is 35.2 Å². The average molecular weight is 432 g/mol. The van der Waals surface area contributed by atoms with Crippen molar-refractivity contribution in [3.8, 4) is 11.1 Å². The molecule has 0 unspecified atom stereocenters. The second-order valence-corrected chi connectivity index (χ2v) is 7.49. The summed E-state index contributed by atoms with van der Waals surface area (Å²) in [6.07, 6.45) is -0.304. The highest BCUT2D eigenvalue weighted by Gasteiger charge is 2.36. The second-order valence-electron chi connectivity index (χ2n) is 7.49. The molecule has 1 amide bonds. The number of nitro groups is 1. The number of hydrogen-bond donors (Lipinski definition) is 2. The number of carbonyl (C=O) groups is 2. The van der Waals surface area contributed by atoms with Gasteiger partial charge in [0, 0.05) is 18.1 Å². The van der Waals surface area contributed by atoms with Gasteiger partial charge in [0.15, 0.2) is 0 Å². The third kappa shape index (κ3) is 3.78. The number of rotatable bonds is 6. The van der Waals surface area contributed by atoms with Gasteiger partial charge in [-0.15, -0.1) is 0 Å². The molecule has 0 fully saturated rings. The Hall–Kier alpha value is -4.20. The van der Waals surface area contributed by atoms with Gasteiger partial charge in [0.2, 0.25) is 0 Å². The van der Waals surface area contributed by atoms with Crippen LogP contribution in [0.3, 0.4) is 0 Å². The first-order valence-electron chi connectivity index (χ1n) is 9.92. The molecule has 162 valence electrons. The molecule has 0 saturated carbocycles. The molecule has 8 heteroatoms. The summed E-state index contributed by atoms with van der Waals surface area (Å²) in [5.41, 5.74) is 5.02. The molecule has 4 rings (SSSR count). The summed E-state index contributed by atoms with van der Waals surface area (Å²) in [6.45, 7) is 0. The number of fused-ring (bicyclic) bond motifs is 3. The summed E-state index contributed by atoms with van der Waals surface area (Å²) >= 11 is 0. The number of carboxylic acid groups (broad SMARTS) is 1. The Labute approximate surface area is 183 Å². The van der Waals surface area contributed by atoms with Crippen LogP contribution >= 0.6 is 0 Å². The van der Waals surface area contributed by atoms with E-state index in [1.807, 2.05) is 42.5 Å². The van der Waals surface area contributed by atoms with Crippen LogP contribution in [0.4, 0.5) is 10.5 Å². The van der Waals surface area contributed by atoms with E-state index in [1.54, 1.807) is 6.07 Å². The zero-order chi connectivity index (χ0) is 22.8. The van der Waals surface area contributed by atoms with Gasteiger partial charge in [0.25, 0.3) is 5.69 Å². The third-order valence-corrected chi connectivity index (χ3v) is 5.72. The molecule has 1 aliphatic carbocycles. The minimum atomic E-state index is -1.40. The van der Waals surface area contributed by atoms with Crippen LogP contribution in [0.5, 0.6) is 0 Å². The van der Waals surface area contributed by atoms with E-state index in [4.69, 9.17) is 0 Å². The highest BCUT2D eigenvalue weighted by atomic mass is 16.6. The summed E-state index contributed by atoms with van der Waals surface area (Å²) in [7, 11) is 1.15. The van der Waals surface area contributed by atoms with Crippen LogP contribution in [0.1, 0.15) is 28.2 Å². The zero-order valence-corrected chi connectivity index (χ0v) is 17.1. The van der Waals surface area contributed by atoms with Crippen molar-refractivity contribution < 1.29 is 24.4 Å². The van der Waals surface area contributed by atoms with Gasteiger partial charge in [-0.1, -0.05) is 54.6 Å². The second kappa shape index (κ2) is 8.50. The first kappa shape index (κ1) is 21.0. The summed E-state index contributed by atoms with van der Waals surface area (Å²) in [5.74, 6) is -2.16. The zero-order valence-electron chi connectivity index (χ0n) is 17.1. The molecule has 0 heterocycles. The molecule has 0 aromatic heterocycles. The quantitative estimate of drug-likeness (QED) is 0.350. The van der Waals surface area contributed by atoms with Crippen LogP contribution in [0.15, 0.2) is 66.7 Å². The molecular formula is C24H20N2O6. The SMILES string of the molecule is COC(=O)N[C@H](C(=O)O)[C@H](c1cccc([N+](=O)[O-])c1)c1cccc2c1Cc1ccccc1-2. The topological polar surface area (TPSA) is 119 Å². The van der Waals surface area contributed by atoms with Gasteiger partial charge in [0.1, 0.15) is 6.04 Å². The van der Waals surface area contributed by atoms with Crippen molar-refractivity contribution in [2.24, 2.45) is 0 Å². The van der Waals surface area contributed by atoms with Gasteiger partial charge >= 0.3 is 12.1 Å². The molecule has 3 aromatic rings. The van der Waals surface area contributed by atoms with Crippen molar-refractivity contribution in [3.63, 3.8) is 0 Å². The Kier molecular flexibility index (Phi) is 5.59. The minimum absolute atomic E-state index is 0.162. The number of amides is 1. The molecule has 32 heavy (non-hydrogen) atoms. The maximum absolute atomic E-state index is 12.3. The maximum Gasteiger partial charge on any atom is 0.407 e. The predicted molar refractivity (Wildman–Crippen MR) is 117 cm³/mol. The average Bonchev–Trinajstić information content (AvgIpc) is 3.18. The normalized spacial score (nSPS) is 13.4. The standard InChI is InChI=1S/C24H20N2O6/c1-32-24(29)25-22(23(27)28)21(15-7-4-8-16(12-15)26(30)31)19-11-5-10-18-17-9-3-2-6-14(17)13-20(18)19/h2-12,21-22H,13H2,1H3,(H,25,29)(H,27,28)/t21-,22+/m1/s1. The molecule has 0 aliphatic heterocycles. The number of benzene rings is 3. The number of ether oxygens (including phenoxy) is 1. The Morgan fingerprint density at radius 3 is 2.50 bits per heavy atom. The first-order chi connectivity index (χ1) is 15.4. The number of non-ortho nitro benzene ring substituents is 1. The lowest BCUT2D eigenvalue weighted by molar-refractivity contribution is -0.384. The molecule has 1 aliphatic rings. The van der Waals surface area contributed by atoms with E-state index < -0.39 is 28.9 Å². The lowest BCUT2D eigenvalue weighted by Crippen LogP contribution is -2.45. The fourth-order valence-electron chi connectivity index (χ4n) is 4.33. The van der Waals surface area contributed by atoms with Crippen LogP contribution in [0.25, 0.3) is 11.1 Å². The first-order valence-corrected chi connectivity index (χ1v) is 9.92. The minimum Gasteiger partial charge on any atom is -0.480 e. The van der Waals surface area contributed by atoms with Gasteiger partial charge < -0.3 is 15.2 Å². The van der Waals surface area contributed by atoms with E-state index in [9.17, 15) is 24.8 Å². The molecule has 0 radical (unpaired) electrons. The monoisotopic (exact) mass is 432 g/mol. The van der Waals surface area contributed by atoms with E-state index in [2.05, 4.69) is 10.1 Å². The van der Waals surface area contributed by atoms with E-state index >= 15 is 0 Å². The summed E-state index contributed by atoms with van der Waals surface area (Å²) in [5, 5.41) is 23.8. The lowest BCUT2D eigenvalue weighted by Gasteiger charge is -2.27. The van der Waals surface area contributed by atoms with E-state index in [0.717, 1.165) is 29.4 Å². The predicted octanol–water partition coefficient (Wildman–Crippen LogP) is 4.11. The number of alkyl carbamates (subject to hydrolysis) is 1.